The summed E-state index contributed by atoms with van der Waals surface area (Å²) in [6.45, 7) is 0. The summed E-state index contributed by atoms with van der Waals surface area (Å²) >= 11 is 36.6. The van der Waals surface area contributed by atoms with Crippen LogP contribution in [0.25, 0.3) is 0 Å². The standard InChI is InChI=1S/C21H12Cl6N6/c22-10-1-11(23)5-16(4-10)28-19-31-20(29-17-6-12(24)2-13(25)7-17)33-21(32-19)30-18-8-14(26)3-15(27)9-18/h1-9H,(H3,28,29,30,31,32,33). The number of rotatable bonds is 6. The molecule has 0 unspecified atom stereocenters. The molecule has 168 valence electrons. The zero-order valence-corrected chi connectivity index (χ0v) is 20.8. The van der Waals surface area contributed by atoms with Gasteiger partial charge in [0.2, 0.25) is 17.8 Å². The summed E-state index contributed by atoms with van der Waals surface area (Å²) in [5, 5.41) is 11.9. The Morgan fingerprint density at radius 2 is 0.576 bits per heavy atom. The third kappa shape index (κ3) is 6.90. The number of anilines is 6. The van der Waals surface area contributed by atoms with Gasteiger partial charge in [-0.1, -0.05) is 69.6 Å². The average molecular weight is 561 g/mol. The largest absolute Gasteiger partial charge is 0.324 e. The molecule has 6 nitrogen and oxygen atoms in total. The van der Waals surface area contributed by atoms with E-state index in [0.29, 0.717) is 47.2 Å². The quantitative estimate of drug-likeness (QED) is 0.218. The maximum absolute atomic E-state index is 6.10. The lowest BCUT2D eigenvalue weighted by Gasteiger charge is -2.12. The van der Waals surface area contributed by atoms with Crippen LogP contribution in [0.2, 0.25) is 30.1 Å². The molecule has 0 spiro atoms. The normalized spacial score (nSPS) is 10.7. The number of aromatic nitrogens is 3. The van der Waals surface area contributed by atoms with Crippen LogP contribution in [0.15, 0.2) is 54.6 Å². The van der Waals surface area contributed by atoms with E-state index in [1.807, 2.05) is 0 Å². The van der Waals surface area contributed by atoms with Crippen molar-refractivity contribution in [3.8, 4) is 0 Å². The summed E-state index contributed by atoms with van der Waals surface area (Å²) in [6, 6.07) is 15.0. The van der Waals surface area contributed by atoms with Crippen LogP contribution in [-0.2, 0) is 0 Å². The molecular weight excluding hydrogens is 549 g/mol. The first kappa shape index (κ1) is 24.0. The first-order valence-electron chi connectivity index (χ1n) is 9.17. The van der Waals surface area contributed by atoms with Crippen LogP contribution in [-0.4, -0.2) is 15.0 Å². The van der Waals surface area contributed by atoms with Crippen molar-refractivity contribution in [2.75, 3.05) is 16.0 Å². The van der Waals surface area contributed by atoms with Crippen LogP contribution in [0.3, 0.4) is 0 Å². The van der Waals surface area contributed by atoms with Crippen LogP contribution in [0, 0.1) is 0 Å². The minimum atomic E-state index is 0.217. The second-order valence-electron chi connectivity index (χ2n) is 6.66. The highest BCUT2D eigenvalue weighted by atomic mass is 35.5. The van der Waals surface area contributed by atoms with Gasteiger partial charge in [-0.05, 0) is 54.6 Å². The van der Waals surface area contributed by atoms with Crippen molar-refractivity contribution in [1.29, 1.82) is 0 Å². The first-order valence-corrected chi connectivity index (χ1v) is 11.4. The third-order valence-electron chi connectivity index (χ3n) is 3.99. The highest BCUT2D eigenvalue weighted by Crippen LogP contribution is 2.29. The van der Waals surface area contributed by atoms with E-state index < -0.39 is 0 Å². The molecule has 0 radical (unpaired) electrons. The van der Waals surface area contributed by atoms with Crippen LogP contribution in [0.5, 0.6) is 0 Å². The predicted molar refractivity (Wildman–Crippen MR) is 139 cm³/mol. The predicted octanol–water partition coefficient (Wildman–Crippen LogP) is 9.02. The summed E-state index contributed by atoms with van der Waals surface area (Å²) in [4.78, 5) is 13.2. The fourth-order valence-electron chi connectivity index (χ4n) is 2.81. The van der Waals surface area contributed by atoms with Crippen molar-refractivity contribution in [2.24, 2.45) is 0 Å². The van der Waals surface area contributed by atoms with Crippen LogP contribution in [0.1, 0.15) is 0 Å². The molecule has 0 amide bonds. The van der Waals surface area contributed by atoms with E-state index >= 15 is 0 Å². The van der Waals surface area contributed by atoms with E-state index in [9.17, 15) is 0 Å². The zero-order valence-electron chi connectivity index (χ0n) is 16.3. The highest BCUT2D eigenvalue weighted by molar-refractivity contribution is 6.36. The van der Waals surface area contributed by atoms with E-state index in [2.05, 4.69) is 30.9 Å². The summed E-state index contributed by atoms with van der Waals surface area (Å²) in [7, 11) is 0. The molecule has 0 aliphatic rings. The van der Waals surface area contributed by atoms with Crippen molar-refractivity contribution in [3.05, 3.63) is 84.7 Å². The molecule has 4 rings (SSSR count). The second kappa shape index (κ2) is 10.4. The van der Waals surface area contributed by atoms with Crippen LogP contribution >= 0.6 is 69.6 Å². The molecule has 0 atom stereocenters. The third-order valence-corrected chi connectivity index (χ3v) is 5.30. The van der Waals surface area contributed by atoms with Gasteiger partial charge in [0.25, 0.3) is 0 Å². The van der Waals surface area contributed by atoms with Gasteiger partial charge in [-0.25, -0.2) is 0 Å². The van der Waals surface area contributed by atoms with Gasteiger partial charge in [0.15, 0.2) is 0 Å². The molecule has 1 aromatic heterocycles. The van der Waals surface area contributed by atoms with Crippen molar-refractivity contribution >= 4 is 105 Å². The Labute approximate surface area is 219 Å². The van der Waals surface area contributed by atoms with Crippen molar-refractivity contribution in [2.45, 2.75) is 0 Å². The average Bonchev–Trinajstić information content (AvgIpc) is 2.65. The molecule has 0 fully saturated rings. The lowest BCUT2D eigenvalue weighted by atomic mass is 10.3. The Kier molecular flexibility index (Phi) is 7.54. The maximum Gasteiger partial charge on any atom is 0.233 e. The molecule has 0 aliphatic heterocycles. The Hall–Kier alpha value is -2.19. The van der Waals surface area contributed by atoms with E-state index in [1.165, 1.54) is 0 Å². The van der Waals surface area contributed by atoms with Crippen LogP contribution in [0.4, 0.5) is 34.9 Å². The van der Waals surface area contributed by atoms with Gasteiger partial charge in [-0.2, -0.15) is 15.0 Å². The van der Waals surface area contributed by atoms with Gasteiger partial charge in [-0.15, -0.1) is 0 Å². The van der Waals surface area contributed by atoms with E-state index in [1.54, 1.807) is 54.6 Å². The summed E-state index contributed by atoms with van der Waals surface area (Å²) in [6.07, 6.45) is 0. The number of benzene rings is 3. The molecule has 1 heterocycles. The second-order valence-corrected chi connectivity index (χ2v) is 9.27. The first-order chi connectivity index (χ1) is 15.7. The monoisotopic (exact) mass is 558 g/mol. The van der Waals surface area contributed by atoms with Crippen molar-refractivity contribution in [3.63, 3.8) is 0 Å². The minimum Gasteiger partial charge on any atom is -0.324 e. The Bertz CT molecular complexity index is 1100. The SMILES string of the molecule is Clc1cc(Cl)cc(Nc2nc(Nc3cc(Cl)cc(Cl)c3)nc(Nc3cc(Cl)cc(Cl)c3)n2)c1. The maximum atomic E-state index is 6.10. The van der Waals surface area contributed by atoms with Gasteiger partial charge in [0, 0.05) is 47.2 Å². The number of nitrogens with zero attached hydrogens (tertiary/aromatic N) is 3. The minimum absolute atomic E-state index is 0.217. The lowest BCUT2D eigenvalue weighted by Crippen LogP contribution is -2.07. The molecule has 3 N–H and O–H groups in total. The van der Waals surface area contributed by atoms with Crippen LogP contribution < -0.4 is 16.0 Å². The molecule has 33 heavy (non-hydrogen) atoms. The lowest BCUT2D eigenvalue weighted by molar-refractivity contribution is 1.06. The topological polar surface area (TPSA) is 74.8 Å². The number of hydrogen-bond donors (Lipinski definition) is 3. The summed E-state index contributed by atoms with van der Waals surface area (Å²) < 4.78 is 0. The van der Waals surface area contributed by atoms with Crippen molar-refractivity contribution < 1.29 is 0 Å². The van der Waals surface area contributed by atoms with Crippen molar-refractivity contribution in [1.82, 2.24) is 15.0 Å². The van der Waals surface area contributed by atoms with E-state index in [4.69, 9.17) is 69.6 Å². The molecule has 0 saturated carbocycles. The van der Waals surface area contributed by atoms with E-state index in [0.717, 1.165) is 0 Å². The van der Waals surface area contributed by atoms with Gasteiger partial charge in [0.1, 0.15) is 0 Å². The van der Waals surface area contributed by atoms with E-state index in [-0.39, 0.29) is 17.8 Å². The zero-order chi connectivity index (χ0) is 23.5. The number of hydrogen-bond acceptors (Lipinski definition) is 6. The molecule has 3 aromatic carbocycles. The Morgan fingerprint density at radius 1 is 0.364 bits per heavy atom. The fourth-order valence-corrected chi connectivity index (χ4v) is 4.39. The van der Waals surface area contributed by atoms with Gasteiger partial charge in [-0.3, -0.25) is 0 Å². The Morgan fingerprint density at radius 3 is 0.788 bits per heavy atom. The Balaban J connectivity index is 1.71. The highest BCUT2D eigenvalue weighted by Gasteiger charge is 2.11. The fraction of sp³-hybridized carbons (Fsp3) is 0. The number of halogens is 6. The molecule has 0 aliphatic carbocycles. The van der Waals surface area contributed by atoms with Gasteiger partial charge in [0.05, 0.1) is 0 Å². The van der Waals surface area contributed by atoms with Gasteiger partial charge >= 0.3 is 0 Å². The molecular formula is C21H12Cl6N6. The smallest absolute Gasteiger partial charge is 0.233 e. The number of nitrogens with one attached hydrogen (secondary N) is 3. The molecule has 0 bridgehead atoms. The van der Waals surface area contributed by atoms with Gasteiger partial charge < -0.3 is 16.0 Å². The molecule has 12 heteroatoms. The summed E-state index contributed by atoms with van der Waals surface area (Å²) in [5.74, 6) is 0.652. The molecule has 0 saturated heterocycles. The summed E-state index contributed by atoms with van der Waals surface area (Å²) in [5.41, 5.74) is 1.77. The molecule has 4 aromatic rings.